The third-order valence-electron chi connectivity index (χ3n) is 5.93. The summed E-state index contributed by atoms with van der Waals surface area (Å²) in [7, 11) is 1.29. The lowest BCUT2D eigenvalue weighted by Gasteiger charge is -2.24. The van der Waals surface area contributed by atoms with Crippen LogP contribution in [0.5, 0.6) is 5.75 Å². The van der Waals surface area contributed by atoms with Crippen molar-refractivity contribution in [3.8, 4) is 5.75 Å². The van der Waals surface area contributed by atoms with Crippen LogP contribution in [0.4, 0.5) is 0 Å². The minimum absolute atomic E-state index is 0.0799. The summed E-state index contributed by atoms with van der Waals surface area (Å²) in [4.78, 5) is 43.7. The number of fused-ring (bicyclic) bond motifs is 1. The van der Waals surface area contributed by atoms with Crippen LogP contribution in [0.3, 0.4) is 0 Å². The third-order valence-corrected chi connectivity index (χ3v) is 6.91. The summed E-state index contributed by atoms with van der Waals surface area (Å²) >= 11 is 1.26. The first kappa shape index (κ1) is 24.2. The Morgan fingerprint density at radius 2 is 1.76 bits per heavy atom. The zero-order chi connectivity index (χ0) is 26.1. The van der Waals surface area contributed by atoms with E-state index in [1.165, 1.54) is 35.3 Å². The Kier molecular flexibility index (Phi) is 6.45. The van der Waals surface area contributed by atoms with E-state index in [0.29, 0.717) is 20.6 Å². The summed E-state index contributed by atoms with van der Waals surface area (Å²) in [6.45, 7) is 3.72. The number of allylic oxidation sites excluding steroid dienone is 1. The molecule has 0 spiro atoms. The second kappa shape index (κ2) is 9.87. The highest BCUT2D eigenvalue weighted by atomic mass is 32.1. The van der Waals surface area contributed by atoms with Gasteiger partial charge in [-0.3, -0.25) is 9.36 Å². The second-order valence-electron chi connectivity index (χ2n) is 8.42. The number of rotatable bonds is 5. The smallest absolute Gasteiger partial charge is 0.379 e. The number of hydrogen-bond acceptors (Lipinski definition) is 8. The van der Waals surface area contributed by atoms with E-state index in [-0.39, 0.29) is 22.6 Å². The molecule has 8 nitrogen and oxygen atoms in total. The normalized spacial score (nSPS) is 15.2. The van der Waals surface area contributed by atoms with Crippen LogP contribution in [-0.4, -0.2) is 23.6 Å². The van der Waals surface area contributed by atoms with Crippen LogP contribution in [0.2, 0.25) is 0 Å². The van der Waals surface area contributed by atoms with Crippen molar-refractivity contribution in [1.29, 1.82) is 0 Å². The topological polar surface area (TPSA) is 100 Å². The largest absolute Gasteiger partial charge is 0.466 e. The molecular formula is C28H22N2O6S. The lowest BCUT2D eigenvalue weighted by molar-refractivity contribution is -0.136. The quantitative estimate of drug-likeness (QED) is 0.298. The molecular weight excluding hydrogens is 492 g/mol. The molecule has 0 N–H and O–H groups in total. The lowest BCUT2D eigenvalue weighted by atomic mass is 9.96. The maximum absolute atomic E-state index is 13.6. The third kappa shape index (κ3) is 4.68. The molecule has 0 radical (unpaired) electrons. The molecule has 5 rings (SSSR count). The van der Waals surface area contributed by atoms with Gasteiger partial charge < -0.3 is 13.9 Å². The van der Waals surface area contributed by atoms with E-state index in [9.17, 15) is 14.4 Å². The van der Waals surface area contributed by atoms with Crippen molar-refractivity contribution < 1.29 is 23.5 Å². The summed E-state index contributed by atoms with van der Waals surface area (Å²) in [5.74, 6) is -0.839. The molecule has 1 atom stereocenters. The minimum atomic E-state index is -0.765. The van der Waals surface area contributed by atoms with Gasteiger partial charge in [0.2, 0.25) is 5.76 Å². The highest BCUT2D eigenvalue weighted by Crippen LogP contribution is 2.31. The SMILES string of the molecule is COC(=O)C1=C(C)N=c2s/c(=C/c3ccc(C)cc3)c(=O)n2[C@H]1c1ccc(OC(=O)c2ccco2)cc1. The molecule has 2 aromatic carbocycles. The second-order valence-corrected chi connectivity index (χ2v) is 9.43. The van der Waals surface area contributed by atoms with Crippen LogP contribution in [0.15, 0.2) is 92.4 Å². The first-order valence-electron chi connectivity index (χ1n) is 11.4. The van der Waals surface area contributed by atoms with Gasteiger partial charge in [0.15, 0.2) is 4.80 Å². The Hall–Kier alpha value is -4.50. The maximum atomic E-state index is 13.6. The zero-order valence-electron chi connectivity index (χ0n) is 20.3. The van der Waals surface area contributed by atoms with Crippen LogP contribution in [0.25, 0.3) is 6.08 Å². The standard InChI is InChI=1S/C28H22N2O6S/c1-16-6-8-18(9-7-16)15-22-25(31)30-24(23(27(33)34-3)17(2)29-28(30)37-22)19-10-12-20(13-11-19)36-26(32)21-5-4-14-35-21/h4-15,24H,1-3H3/b22-15+/t24-/m0/s1. The van der Waals surface area contributed by atoms with Gasteiger partial charge in [-0.1, -0.05) is 53.3 Å². The molecule has 0 unspecified atom stereocenters. The Bertz CT molecular complexity index is 1690. The first-order valence-corrected chi connectivity index (χ1v) is 12.2. The van der Waals surface area contributed by atoms with Crippen molar-refractivity contribution in [3.05, 3.63) is 120 Å². The summed E-state index contributed by atoms with van der Waals surface area (Å²) in [6, 6.07) is 16.8. The first-order chi connectivity index (χ1) is 17.9. The van der Waals surface area contributed by atoms with Gasteiger partial charge in [-0.25, -0.2) is 14.6 Å². The van der Waals surface area contributed by atoms with E-state index in [0.717, 1.165) is 11.1 Å². The monoisotopic (exact) mass is 514 g/mol. The van der Waals surface area contributed by atoms with Crippen molar-refractivity contribution in [2.75, 3.05) is 7.11 Å². The predicted molar refractivity (Wildman–Crippen MR) is 137 cm³/mol. The number of furan rings is 1. The number of nitrogens with zero attached hydrogens (tertiary/aromatic N) is 2. The fourth-order valence-electron chi connectivity index (χ4n) is 4.09. The number of aryl methyl sites for hydroxylation is 1. The van der Waals surface area contributed by atoms with Gasteiger partial charge in [0.25, 0.3) is 5.56 Å². The van der Waals surface area contributed by atoms with Crippen LogP contribution in [0.1, 0.15) is 40.2 Å². The van der Waals surface area contributed by atoms with E-state index in [4.69, 9.17) is 13.9 Å². The Morgan fingerprint density at radius 1 is 1.03 bits per heavy atom. The number of methoxy groups -OCH3 is 1. The Balaban J connectivity index is 1.58. The van der Waals surface area contributed by atoms with Crippen LogP contribution >= 0.6 is 11.3 Å². The number of esters is 2. The highest BCUT2D eigenvalue weighted by molar-refractivity contribution is 7.07. The molecule has 2 aromatic heterocycles. The fraction of sp³-hybridized carbons (Fsp3) is 0.143. The number of ether oxygens (including phenoxy) is 2. The highest BCUT2D eigenvalue weighted by Gasteiger charge is 2.33. The molecule has 3 heterocycles. The average Bonchev–Trinajstić information content (AvgIpc) is 3.54. The summed E-state index contributed by atoms with van der Waals surface area (Å²) in [5.41, 5.74) is 3.10. The predicted octanol–water partition coefficient (Wildman–Crippen LogP) is 3.53. The van der Waals surface area contributed by atoms with Crippen molar-refractivity contribution in [3.63, 3.8) is 0 Å². The van der Waals surface area contributed by atoms with Crippen LogP contribution in [-0.2, 0) is 9.53 Å². The molecule has 186 valence electrons. The lowest BCUT2D eigenvalue weighted by Crippen LogP contribution is -2.39. The van der Waals surface area contributed by atoms with Gasteiger partial charge in [0, 0.05) is 0 Å². The zero-order valence-corrected chi connectivity index (χ0v) is 21.1. The molecule has 37 heavy (non-hydrogen) atoms. The van der Waals surface area contributed by atoms with Gasteiger partial charge in [-0.15, -0.1) is 0 Å². The molecule has 9 heteroatoms. The molecule has 1 aliphatic heterocycles. The number of benzene rings is 2. The van der Waals surface area contributed by atoms with E-state index in [2.05, 4.69) is 4.99 Å². The minimum Gasteiger partial charge on any atom is -0.466 e. The molecule has 0 aliphatic carbocycles. The number of hydrogen-bond donors (Lipinski definition) is 0. The van der Waals surface area contributed by atoms with Gasteiger partial charge in [0.1, 0.15) is 5.75 Å². The van der Waals surface area contributed by atoms with Gasteiger partial charge in [0.05, 0.1) is 35.2 Å². The molecule has 0 fully saturated rings. The summed E-state index contributed by atoms with van der Waals surface area (Å²) in [5, 5.41) is 0. The maximum Gasteiger partial charge on any atom is 0.379 e. The van der Waals surface area contributed by atoms with E-state index >= 15 is 0 Å². The van der Waals surface area contributed by atoms with Gasteiger partial charge in [-0.05, 0) is 55.3 Å². The molecule has 0 bridgehead atoms. The molecule has 0 amide bonds. The van der Waals surface area contributed by atoms with Crippen molar-refractivity contribution in [2.24, 2.45) is 4.99 Å². The van der Waals surface area contributed by atoms with Gasteiger partial charge >= 0.3 is 11.9 Å². The van der Waals surface area contributed by atoms with Crippen LogP contribution in [0, 0.1) is 6.92 Å². The molecule has 0 saturated carbocycles. The fourth-order valence-corrected chi connectivity index (χ4v) is 5.14. The summed E-state index contributed by atoms with van der Waals surface area (Å²) in [6.07, 6.45) is 3.20. The van der Waals surface area contributed by atoms with E-state index in [1.54, 1.807) is 37.3 Å². The number of aromatic nitrogens is 1. The van der Waals surface area contributed by atoms with Gasteiger partial charge in [-0.2, -0.15) is 0 Å². The van der Waals surface area contributed by atoms with E-state index in [1.807, 2.05) is 37.3 Å². The average molecular weight is 515 g/mol. The number of thiazole rings is 1. The van der Waals surface area contributed by atoms with E-state index < -0.39 is 18.0 Å². The number of carbonyl (C=O) groups is 2. The van der Waals surface area contributed by atoms with Crippen molar-refractivity contribution in [1.82, 2.24) is 4.57 Å². The van der Waals surface area contributed by atoms with Crippen LogP contribution < -0.4 is 19.6 Å². The summed E-state index contributed by atoms with van der Waals surface area (Å²) < 4.78 is 17.5. The Labute approximate surface area is 215 Å². The molecule has 0 saturated heterocycles. The number of carbonyl (C=O) groups excluding carboxylic acids is 2. The van der Waals surface area contributed by atoms with Crippen molar-refractivity contribution in [2.45, 2.75) is 19.9 Å². The van der Waals surface area contributed by atoms with Crippen molar-refractivity contribution >= 4 is 29.4 Å². The Morgan fingerprint density at radius 3 is 2.41 bits per heavy atom. The molecule has 4 aromatic rings. The molecule has 1 aliphatic rings.